The van der Waals surface area contributed by atoms with Gasteiger partial charge >= 0.3 is 6.01 Å². The van der Waals surface area contributed by atoms with Crippen LogP contribution in [0.5, 0.6) is 11.8 Å². The molecule has 0 amide bonds. The highest BCUT2D eigenvalue weighted by Gasteiger charge is 2.50. The molecule has 1 aliphatic carbocycles. The molecule has 1 saturated carbocycles. The third-order valence-corrected chi connectivity index (χ3v) is 10.6. The molecule has 2 unspecified atom stereocenters. The first-order chi connectivity index (χ1) is 20.2. The van der Waals surface area contributed by atoms with Gasteiger partial charge in [-0.1, -0.05) is 17.7 Å². The zero-order valence-electron chi connectivity index (χ0n) is 22.4. The predicted molar refractivity (Wildman–Crippen MR) is 154 cm³/mol. The molecule has 216 valence electrons. The molecule has 0 spiro atoms. The van der Waals surface area contributed by atoms with Crippen LogP contribution in [-0.2, 0) is 0 Å². The van der Waals surface area contributed by atoms with Crippen LogP contribution in [0.1, 0.15) is 31.2 Å². The van der Waals surface area contributed by atoms with E-state index >= 15 is 4.39 Å². The summed E-state index contributed by atoms with van der Waals surface area (Å²) in [7, 11) is 1.85. The van der Waals surface area contributed by atoms with Crippen molar-refractivity contribution in [1.82, 2.24) is 14.9 Å². The quantitative estimate of drug-likeness (QED) is 0.308. The number of fused-ring (bicyclic) bond motifs is 3. The van der Waals surface area contributed by atoms with Crippen molar-refractivity contribution in [2.75, 3.05) is 37.4 Å². The number of ether oxygens (including phenoxy) is 2. The Balaban J connectivity index is 1.34. The Labute approximate surface area is 247 Å². The van der Waals surface area contributed by atoms with Crippen molar-refractivity contribution in [3.8, 4) is 29.0 Å². The number of likely N-dealkylation sites (N-methyl/N-ethyl adjacent to an activating group) is 1. The minimum absolute atomic E-state index is 0.00337. The van der Waals surface area contributed by atoms with Gasteiger partial charge in [-0.15, -0.1) is 11.3 Å². The van der Waals surface area contributed by atoms with E-state index in [2.05, 4.69) is 14.9 Å². The van der Waals surface area contributed by atoms with Gasteiger partial charge in [-0.25, -0.2) is 13.2 Å². The molecule has 0 bridgehead atoms. The molecule has 13 heteroatoms. The lowest BCUT2D eigenvalue weighted by Crippen LogP contribution is -2.43. The van der Waals surface area contributed by atoms with Gasteiger partial charge in [0.05, 0.1) is 32.3 Å². The number of benzene rings is 2. The smallest absolute Gasteiger partial charge is 0.319 e. The first-order valence-corrected chi connectivity index (χ1v) is 14.9. The molecule has 3 aliphatic heterocycles. The van der Waals surface area contributed by atoms with Crippen LogP contribution in [0, 0.1) is 23.0 Å². The Hall–Kier alpha value is -3.53. The van der Waals surface area contributed by atoms with E-state index in [1.807, 2.05) is 18.0 Å². The number of thiophene rings is 1. The molecule has 0 radical (unpaired) electrons. The first kappa shape index (κ1) is 26.1. The monoisotopic (exact) mass is 612 g/mol. The minimum Gasteiger partial charge on any atom is -0.486 e. The zero-order valence-corrected chi connectivity index (χ0v) is 24.0. The highest BCUT2D eigenvalue weighted by Crippen LogP contribution is 2.53. The van der Waals surface area contributed by atoms with Crippen LogP contribution in [0.3, 0.4) is 0 Å². The van der Waals surface area contributed by atoms with E-state index in [1.165, 1.54) is 12.1 Å². The number of rotatable bonds is 4. The lowest BCUT2D eigenvalue weighted by Gasteiger charge is -2.31. The average Bonchev–Trinajstić information content (AvgIpc) is 3.38. The van der Waals surface area contributed by atoms with Crippen molar-refractivity contribution in [1.29, 1.82) is 5.26 Å². The van der Waals surface area contributed by atoms with E-state index in [-0.39, 0.29) is 72.8 Å². The van der Waals surface area contributed by atoms with Crippen molar-refractivity contribution in [2.24, 2.45) is 0 Å². The van der Waals surface area contributed by atoms with Crippen molar-refractivity contribution in [2.45, 2.75) is 49.5 Å². The van der Waals surface area contributed by atoms with Crippen LogP contribution in [-0.4, -0.2) is 65.5 Å². The van der Waals surface area contributed by atoms with Gasteiger partial charge in [0.25, 0.3) is 0 Å². The summed E-state index contributed by atoms with van der Waals surface area (Å²) in [5.41, 5.74) is 5.70. The van der Waals surface area contributed by atoms with E-state index in [9.17, 15) is 14.0 Å². The van der Waals surface area contributed by atoms with Crippen molar-refractivity contribution < 1.29 is 22.6 Å². The van der Waals surface area contributed by atoms with Crippen LogP contribution in [0.2, 0.25) is 5.02 Å². The highest BCUT2D eigenvalue weighted by molar-refractivity contribution is 7.23. The van der Waals surface area contributed by atoms with Crippen LogP contribution in [0.25, 0.3) is 32.1 Å². The Kier molecular flexibility index (Phi) is 5.59. The van der Waals surface area contributed by atoms with Gasteiger partial charge in [-0.05, 0) is 31.0 Å². The topological polar surface area (TPSA) is 101 Å². The van der Waals surface area contributed by atoms with Gasteiger partial charge in [-0.3, -0.25) is 4.90 Å². The van der Waals surface area contributed by atoms with Gasteiger partial charge in [0.2, 0.25) is 0 Å². The van der Waals surface area contributed by atoms with E-state index in [1.54, 1.807) is 0 Å². The van der Waals surface area contributed by atoms with Crippen LogP contribution >= 0.6 is 22.9 Å². The Morgan fingerprint density at radius 2 is 2.14 bits per heavy atom. The Morgan fingerprint density at radius 1 is 1.31 bits per heavy atom. The zero-order chi connectivity index (χ0) is 29.1. The maximum atomic E-state index is 16.8. The molecule has 2 aromatic heterocycles. The summed E-state index contributed by atoms with van der Waals surface area (Å²) in [5.74, 6) is -0.729. The number of halogens is 4. The second-order valence-corrected chi connectivity index (χ2v) is 13.0. The number of aromatic nitrogens is 2. The lowest BCUT2D eigenvalue weighted by atomic mass is 9.95. The summed E-state index contributed by atoms with van der Waals surface area (Å²) >= 11 is 7.84. The van der Waals surface area contributed by atoms with Crippen molar-refractivity contribution in [3.05, 3.63) is 34.4 Å². The van der Waals surface area contributed by atoms with Crippen molar-refractivity contribution in [3.63, 3.8) is 0 Å². The van der Waals surface area contributed by atoms with Crippen LogP contribution in [0.4, 0.5) is 24.0 Å². The summed E-state index contributed by atoms with van der Waals surface area (Å²) < 4.78 is 58.6. The molecule has 2 aromatic carbocycles. The fourth-order valence-electron chi connectivity index (χ4n) is 7.06. The molecule has 42 heavy (non-hydrogen) atoms. The number of hydrogen-bond donors (Lipinski definition) is 1. The normalized spacial score (nSPS) is 26.2. The molecule has 8 nitrogen and oxygen atoms in total. The van der Waals surface area contributed by atoms with Crippen molar-refractivity contribution >= 4 is 54.7 Å². The first-order valence-electron chi connectivity index (χ1n) is 13.8. The summed E-state index contributed by atoms with van der Waals surface area (Å²) in [5, 5.41) is 10.4. The number of anilines is 2. The summed E-state index contributed by atoms with van der Waals surface area (Å²) in [6, 6.07) is 4.57. The fraction of sp³-hybridized carbons (Fsp3) is 0.414. The summed E-state index contributed by atoms with van der Waals surface area (Å²) in [4.78, 5) is 13.2. The Bertz CT molecular complexity index is 1880. The van der Waals surface area contributed by atoms with Gasteiger partial charge in [0.1, 0.15) is 47.1 Å². The molecule has 5 heterocycles. The number of hydrogen-bond acceptors (Lipinski definition) is 9. The number of nitrogen functional groups attached to an aromatic ring is 1. The molecule has 3 fully saturated rings. The summed E-state index contributed by atoms with van der Waals surface area (Å²) in [6.07, 6.45) is 1.72. The largest absolute Gasteiger partial charge is 0.486 e. The average molecular weight is 613 g/mol. The molecule has 8 rings (SSSR count). The molecule has 4 atom stereocenters. The van der Waals surface area contributed by atoms with Gasteiger partial charge < -0.3 is 20.1 Å². The highest BCUT2D eigenvalue weighted by atomic mass is 35.5. The number of alkyl halides is 1. The van der Waals surface area contributed by atoms with Gasteiger partial charge in [-0.2, -0.15) is 15.2 Å². The lowest BCUT2D eigenvalue weighted by molar-refractivity contribution is 0.107. The molecule has 4 aliphatic rings. The molecular weight excluding hydrogens is 589 g/mol. The van der Waals surface area contributed by atoms with Gasteiger partial charge in [0.15, 0.2) is 11.6 Å². The molecule has 2 saturated heterocycles. The Morgan fingerprint density at radius 3 is 2.95 bits per heavy atom. The van der Waals surface area contributed by atoms with Crippen LogP contribution < -0.4 is 20.1 Å². The summed E-state index contributed by atoms with van der Waals surface area (Å²) in [6.45, 7) is 1.36. The number of nitriles is 1. The third kappa shape index (κ3) is 3.56. The molecule has 2 N–H and O–H groups in total. The minimum atomic E-state index is -0.923. The van der Waals surface area contributed by atoms with Gasteiger partial charge in [0, 0.05) is 37.4 Å². The second kappa shape index (κ2) is 8.99. The second-order valence-electron chi connectivity index (χ2n) is 11.6. The van der Waals surface area contributed by atoms with E-state index in [0.29, 0.717) is 24.2 Å². The maximum absolute atomic E-state index is 16.8. The van der Waals surface area contributed by atoms with E-state index in [0.717, 1.165) is 37.1 Å². The van der Waals surface area contributed by atoms with Crippen LogP contribution in [0.15, 0.2) is 12.1 Å². The molecular formula is C29H24ClF3N6O2S. The maximum Gasteiger partial charge on any atom is 0.319 e. The standard InChI is InChI=1S/C29H24ClF3N6O2S/c1-38-16-7-17(16)41-24-20-23(36-28(37-27(20)38)40-11-29-5-2-6-39(29)10-12(31)8-29)22(33)19(21(24)30)13-3-4-15(32)25-18(13)14(9-34)26(35)42-25/h3-4,12,16-17H,2,5-8,10-11,35H2,1H3/t12-,16?,17?,29+/m1/s1. The van der Waals surface area contributed by atoms with E-state index in [4.69, 9.17) is 26.8 Å². The number of nitrogens with zero attached hydrogens (tertiary/aromatic N) is 5. The molecule has 4 aromatic rings. The fourth-order valence-corrected chi connectivity index (χ4v) is 8.33. The number of nitrogens with two attached hydrogens (primary N) is 1. The van der Waals surface area contributed by atoms with E-state index < -0.39 is 23.3 Å². The predicted octanol–water partition coefficient (Wildman–Crippen LogP) is 5.82. The third-order valence-electron chi connectivity index (χ3n) is 9.17. The SMILES string of the molecule is CN1c2nc(OC[C@@]34CCCN3C[C@H](F)C4)nc3c(F)c(-c4ccc(F)c5sc(N)c(C#N)c45)c(Cl)c(c23)OC2CC21.